The topological polar surface area (TPSA) is 93.5 Å². The molecule has 0 aliphatic carbocycles. The summed E-state index contributed by atoms with van der Waals surface area (Å²) in [7, 11) is 1.94. The molecule has 1 amide bonds. The molecular weight excluding hydrogens is 478 g/mol. The summed E-state index contributed by atoms with van der Waals surface area (Å²) in [5.74, 6) is 0.444. The molecule has 0 unspecified atom stereocenters. The predicted molar refractivity (Wildman–Crippen MR) is 148 cm³/mol. The third kappa shape index (κ3) is 6.75. The number of aromatic nitrogens is 1. The minimum Gasteiger partial charge on any atom is -0.464 e. The molecule has 4 rings (SSSR count). The summed E-state index contributed by atoms with van der Waals surface area (Å²) in [5.41, 5.74) is 5.10. The highest BCUT2D eigenvalue weighted by Crippen LogP contribution is 2.33. The Morgan fingerprint density at radius 1 is 0.921 bits per heavy atom. The number of likely N-dealkylation sites (N-methyl/N-ethyl adjacent to an activating group) is 1. The number of amides is 1. The SMILES string of the molecule is CCOC(=O)[C@H](Cc1ccccc1)NC(=O)c1ccc(-c2nc(C)oc2-c2ccc(CCNC)cc2)cc1. The predicted octanol–water partition coefficient (Wildman–Crippen LogP) is 4.98. The minimum atomic E-state index is -0.787. The number of carbonyl (C=O) groups is 2. The molecule has 1 aromatic heterocycles. The molecule has 196 valence electrons. The van der Waals surface area contributed by atoms with Gasteiger partial charge in [0, 0.05) is 30.0 Å². The lowest BCUT2D eigenvalue weighted by Crippen LogP contribution is -2.43. The fraction of sp³-hybridized carbons (Fsp3) is 0.258. The second-order valence-electron chi connectivity index (χ2n) is 9.01. The molecule has 7 heteroatoms. The van der Waals surface area contributed by atoms with E-state index in [4.69, 9.17) is 9.15 Å². The summed E-state index contributed by atoms with van der Waals surface area (Å²) >= 11 is 0. The van der Waals surface area contributed by atoms with Gasteiger partial charge in [-0.2, -0.15) is 0 Å². The van der Waals surface area contributed by atoms with Crippen molar-refractivity contribution in [1.82, 2.24) is 15.6 Å². The monoisotopic (exact) mass is 511 g/mol. The van der Waals surface area contributed by atoms with Gasteiger partial charge in [-0.1, -0.05) is 66.7 Å². The molecule has 1 atom stereocenters. The molecule has 0 fully saturated rings. The van der Waals surface area contributed by atoms with Gasteiger partial charge in [-0.3, -0.25) is 4.79 Å². The first-order valence-electron chi connectivity index (χ1n) is 12.8. The summed E-state index contributed by atoms with van der Waals surface area (Å²) in [5, 5.41) is 6.00. The average molecular weight is 512 g/mol. The number of rotatable bonds is 11. The summed E-state index contributed by atoms with van der Waals surface area (Å²) in [6, 6.07) is 24.2. The van der Waals surface area contributed by atoms with Gasteiger partial charge in [-0.15, -0.1) is 0 Å². The normalized spacial score (nSPS) is 11.7. The Bertz CT molecular complexity index is 1350. The van der Waals surface area contributed by atoms with Gasteiger partial charge < -0.3 is 19.8 Å². The van der Waals surface area contributed by atoms with Crippen LogP contribution in [0, 0.1) is 6.92 Å². The van der Waals surface area contributed by atoms with Crippen molar-refractivity contribution in [3.8, 4) is 22.6 Å². The summed E-state index contributed by atoms with van der Waals surface area (Å²) in [6.45, 7) is 4.72. The molecule has 4 aromatic rings. The maximum Gasteiger partial charge on any atom is 0.328 e. The van der Waals surface area contributed by atoms with E-state index in [2.05, 4.69) is 27.8 Å². The van der Waals surface area contributed by atoms with Gasteiger partial charge in [0.25, 0.3) is 5.91 Å². The maximum absolute atomic E-state index is 13.0. The number of hydrogen-bond donors (Lipinski definition) is 2. The molecule has 38 heavy (non-hydrogen) atoms. The van der Waals surface area contributed by atoms with Crippen molar-refractivity contribution >= 4 is 11.9 Å². The zero-order chi connectivity index (χ0) is 26.9. The molecule has 0 aliphatic rings. The van der Waals surface area contributed by atoms with Crippen LogP contribution < -0.4 is 10.6 Å². The zero-order valence-corrected chi connectivity index (χ0v) is 22.0. The lowest BCUT2D eigenvalue weighted by Gasteiger charge is -2.17. The van der Waals surface area contributed by atoms with Crippen molar-refractivity contribution < 1.29 is 18.7 Å². The number of esters is 1. The molecule has 0 saturated carbocycles. The number of hydrogen-bond acceptors (Lipinski definition) is 6. The minimum absolute atomic E-state index is 0.243. The molecule has 3 aromatic carbocycles. The van der Waals surface area contributed by atoms with E-state index in [1.165, 1.54) is 5.56 Å². The fourth-order valence-corrected chi connectivity index (χ4v) is 4.22. The summed E-state index contributed by atoms with van der Waals surface area (Å²) in [4.78, 5) is 30.2. The first-order valence-corrected chi connectivity index (χ1v) is 12.8. The number of nitrogens with one attached hydrogen (secondary N) is 2. The number of carbonyl (C=O) groups excluding carboxylic acids is 2. The lowest BCUT2D eigenvalue weighted by atomic mass is 10.0. The molecular formula is C31H33N3O4. The van der Waals surface area contributed by atoms with E-state index >= 15 is 0 Å². The van der Waals surface area contributed by atoms with Crippen molar-refractivity contribution in [1.29, 1.82) is 0 Å². The van der Waals surface area contributed by atoms with Gasteiger partial charge >= 0.3 is 5.97 Å². The highest BCUT2D eigenvalue weighted by molar-refractivity contribution is 5.97. The average Bonchev–Trinajstić information content (AvgIpc) is 3.34. The standard InChI is InChI=1S/C31H33N3O4/c1-4-37-31(36)27(20-23-8-6-5-7-9-23)34-30(35)26-16-14-24(15-17-26)28-29(38-21(2)33-28)25-12-10-22(11-13-25)18-19-32-3/h5-17,27,32H,4,18-20H2,1-3H3,(H,34,35)/t27-/m0/s1. The van der Waals surface area contributed by atoms with Crippen molar-refractivity contribution in [3.63, 3.8) is 0 Å². The highest BCUT2D eigenvalue weighted by atomic mass is 16.5. The third-order valence-corrected chi connectivity index (χ3v) is 6.19. The maximum atomic E-state index is 13.0. The lowest BCUT2D eigenvalue weighted by molar-refractivity contribution is -0.145. The molecule has 0 saturated heterocycles. The number of nitrogens with zero attached hydrogens (tertiary/aromatic N) is 1. The van der Waals surface area contributed by atoms with E-state index in [0.29, 0.717) is 29.3 Å². The Balaban J connectivity index is 1.51. The molecule has 0 aliphatic heterocycles. The second kappa shape index (κ2) is 12.8. The van der Waals surface area contributed by atoms with E-state index in [9.17, 15) is 9.59 Å². The van der Waals surface area contributed by atoms with Crippen molar-refractivity contribution in [2.75, 3.05) is 20.2 Å². The summed E-state index contributed by atoms with van der Waals surface area (Å²) in [6.07, 6.45) is 1.30. The molecule has 7 nitrogen and oxygen atoms in total. The van der Waals surface area contributed by atoms with Crippen molar-refractivity contribution in [3.05, 3.63) is 101 Å². The van der Waals surface area contributed by atoms with Crippen LogP contribution in [0.3, 0.4) is 0 Å². The van der Waals surface area contributed by atoms with Crippen LogP contribution in [0.2, 0.25) is 0 Å². The first-order chi connectivity index (χ1) is 18.5. The quantitative estimate of drug-likeness (QED) is 0.276. The Kier molecular flexibility index (Phi) is 9.06. The fourth-order valence-electron chi connectivity index (χ4n) is 4.22. The van der Waals surface area contributed by atoms with Crippen LogP contribution in [0.5, 0.6) is 0 Å². The Morgan fingerprint density at radius 3 is 2.26 bits per heavy atom. The number of aryl methyl sites for hydroxylation is 1. The molecule has 0 spiro atoms. The number of benzene rings is 3. The van der Waals surface area contributed by atoms with Gasteiger partial charge in [-0.25, -0.2) is 9.78 Å². The Labute approximate surface area is 223 Å². The van der Waals surface area contributed by atoms with Crippen LogP contribution in [0.15, 0.2) is 83.3 Å². The van der Waals surface area contributed by atoms with Gasteiger partial charge in [0.15, 0.2) is 11.7 Å². The zero-order valence-electron chi connectivity index (χ0n) is 22.0. The second-order valence-corrected chi connectivity index (χ2v) is 9.01. The van der Waals surface area contributed by atoms with Crippen LogP contribution >= 0.6 is 0 Å². The number of oxazole rings is 1. The van der Waals surface area contributed by atoms with Crippen molar-refractivity contribution in [2.24, 2.45) is 0 Å². The van der Waals surface area contributed by atoms with E-state index in [0.717, 1.165) is 29.7 Å². The van der Waals surface area contributed by atoms with E-state index in [1.54, 1.807) is 19.1 Å². The van der Waals surface area contributed by atoms with Crippen LogP contribution in [0.1, 0.15) is 34.3 Å². The largest absolute Gasteiger partial charge is 0.464 e. The molecule has 2 N–H and O–H groups in total. The van der Waals surface area contributed by atoms with Crippen LogP contribution in [0.4, 0.5) is 0 Å². The van der Waals surface area contributed by atoms with Crippen LogP contribution in [0.25, 0.3) is 22.6 Å². The van der Waals surface area contributed by atoms with Gasteiger partial charge in [0.05, 0.1) is 6.61 Å². The Morgan fingerprint density at radius 2 is 1.61 bits per heavy atom. The van der Waals surface area contributed by atoms with E-state index < -0.39 is 12.0 Å². The third-order valence-electron chi connectivity index (χ3n) is 6.19. The van der Waals surface area contributed by atoms with Crippen LogP contribution in [-0.4, -0.2) is 43.1 Å². The molecule has 1 heterocycles. The summed E-state index contributed by atoms with van der Waals surface area (Å²) < 4.78 is 11.2. The van der Waals surface area contributed by atoms with Crippen molar-refractivity contribution in [2.45, 2.75) is 32.7 Å². The molecule has 0 bridgehead atoms. The van der Waals surface area contributed by atoms with E-state index in [1.807, 2.05) is 68.6 Å². The molecule has 0 radical (unpaired) electrons. The van der Waals surface area contributed by atoms with Gasteiger partial charge in [0.1, 0.15) is 11.7 Å². The van der Waals surface area contributed by atoms with E-state index in [-0.39, 0.29) is 12.5 Å². The highest BCUT2D eigenvalue weighted by Gasteiger charge is 2.23. The smallest absolute Gasteiger partial charge is 0.328 e. The van der Waals surface area contributed by atoms with Gasteiger partial charge in [0.2, 0.25) is 0 Å². The first kappa shape index (κ1) is 26.8. The number of ether oxygens (including phenoxy) is 1. The van der Waals surface area contributed by atoms with Crippen LogP contribution in [-0.2, 0) is 22.4 Å². The van der Waals surface area contributed by atoms with Gasteiger partial charge in [-0.05, 0) is 50.2 Å². The Hall–Kier alpha value is -4.23.